The number of ether oxygens (including phenoxy) is 1. The van der Waals surface area contributed by atoms with Crippen LogP contribution in [0, 0.1) is 0 Å². The number of halogens is 2. The van der Waals surface area contributed by atoms with E-state index in [1.165, 1.54) is 0 Å². The molecule has 8 heteroatoms. The molecular weight excluding hydrogens is 411 g/mol. The van der Waals surface area contributed by atoms with Gasteiger partial charge in [-0.3, -0.25) is 9.79 Å². The molecular formula is C21H26Cl2N4O2. The van der Waals surface area contributed by atoms with E-state index in [0.29, 0.717) is 41.1 Å². The molecule has 0 fully saturated rings. The van der Waals surface area contributed by atoms with Crippen molar-refractivity contribution in [2.45, 2.75) is 12.8 Å². The Bertz CT molecular complexity index is 843. The molecule has 6 nitrogen and oxygen atoms in total. The van der Waals surface area contributed by atoms with Crippen LogP contribution in [0.4, 0.5) is 0 Å². The molecule has 0 spiro atoms. The van der Waals surface area contributed by atoms with Crippen LogP contribution < -0.4 is 20.7 Å². The lowest BCUT2D eigenvalue weighted by Crippen LogP contribution is -2.39. The van der Waals surface area contributed by atoms with Gasteiger partial charge >= 0.3 is 0 Å². The SMILES string of the molecule is CN=C(NCCCOc1ccc(Cl)cc1Cl)NCCc1cccc(C(=O)NC)c1. The highest BCUT2D eigenvalue weighted by Gasteiger charge is 2.05. The van der Waals surface area contributed by atoms with Crippen LogP contribution in [0.2, 0.25) is 10.0 Å². The topological polar surface area (TPSA) is 74.8 Å². The number of hydrogen-bond donors (Lipinski definition) is 3. The van der Waals surface area contributed by atoms with Crippen LogP contribution in [0.15, 0.2) is 47.5 Å². The second-order valence-electron chi connectivity index (χ2n) is 6.23. The van der Waals surface area contributed by atoms with Crippen molar-refractivity contribution in [1.29, 1.82) is 0 Å². The molecule has 0 aromatic heterocycles. The smallest absolute Gasteiger partial charge is 0.251 e. The largest absolute Gasteiger partial charge is 0.492 e. The van der Waals surface area contributed by atoms with Crippen molar-refractivity contribution in [3.8, 4) is 5.75 Å². The van der Waals surface area contributed by atoms with Crippen LogP contribution in [0.5, 0.6) is 5.75 Å². The van der Waals surface area contributed by atoms with Gasteiger partial charge in [-0.05, 0) is 48.7 Å². The van der Waals surface area contributed by atoms with Crippen LogP contribution >= 0.6 is 23.2 Å². The molecule has 0 saturated carbocycles. The molecule has 0 bridgehead atoms. The van der Waals surface area contributed by atoms with Gasteiger partial charge in [0.15, 0.2) is 5.96 Å². The molecule has 2 aromatic rings. The molecule has 0 radical (unpaired) electrons. The standard InChI is InChI=1S/C21H26Cl2N4O2/c1-24-20(28)16-6-3-5-15(13-16)9-11-27-21(25-2)26-10-4-12-29-19-8-7-17(22)14-18(19)23/h3,5-8,13-14H,4,9-12H2,1-2H3,(H,24,28)(H2,25,26,27). The maximum Gasteiger partial charge on any atom is 0.251 e. The van der Waals surface area contributed by atoms with Crippen molar-refractivity contribution in [1.82, 2.24) is 16.0 Å². The molecule has 156 valence electrons. The summed E-state index contributed by atoms with van der Waals surface area (Å²) in [5.74, 6) is 1.26. The normalized spacial score (nSPS) is 11.1. The third-order valence-corrected chi connectivity index (χ3v) is 4.64. The molecule has 0 aliphatic heterocycles. The molecule has 29 heavy (non-hydrogen) atoms. The number of aliphatic imine (C=N–C) groups is 1. The van der Waals surface area contributed by atoms with Gasteiger partial charge in [0, 0.05) is 37.8 Å². The summed E-state index contributed by atoms with van der Waals surface area (Å²) in [5, 5.41) is 10.2. The molecule has 0 aliphatic carbocycles. The minimum absolute atomic E-state index is 0.0839. The molecule has 2 rings (SSSR count). The molecule has 3 N–H and O–H groups in total. The van der Waals surface area contributed by atoms with Crippen molar-refractivity contribution in [2.24, 2.45) is 4.99 Å². The summed E-state index contributed by atoms with van der Waals surface area (Å²) in [6.07, 6.45) is 1.57. The molecule has 2 aromatic carbocycles. The maximum atomic E-state index is 11.7. The van der Waals surface area contributed by atoms with Crippen LogP contribution in [0.25, 0.3) is 0 Å². The molecule has 1 amide bonds. The van der Waals surface area contributed by atoms with Crippen LogP contribution in [-0.4, -0.2) is 45.7 Å². The van der Waals surface area contributed by atoms with E-state index in [-0.39, 0.29) is 5.91 Å². The zero-order valence-corrected chi connectivity index (χ0v) is 18.1. The number of hydrogen-bond acceptors (Lipinski definition) is 3. The summed E-state index contributed by atoms with van der Waals surface area (Å²) in [6.45, 7) is 1.93. The Morgan fingerprint density at radius 1 is 1.10 bits per heavy atom. The highest BCUT2D eigenvalue weighted by Crippen LogP contribution is 2.27. The number of guanidine groups is 1. The number of carbonyl (C=O) groups is 1. The Morgan fingerprint density at radius 2 is 1.90 bits per heavy atom. The highest BCUT2D eigenvalue weighted by atomic mass is 35.5. The predicted octanol–water partition coefficient (Wildman–Crippen LogP) is 3.53. The van der Waals surface area contributed by atoms with E-state index in [9.17, 15) is 4.79 Å². The second kappa shape index (κ2) is 12.2. The Kier molecular flexibility index (Phi) is 9.60. The molecule has 0 atom stereocenters. The van der Waals surface area contributed by atoms with E-state index in [2.05, 4.69) is 20.9 Å². The Morgan fingerprint density at radius 3 is 2.62 bits per heavy atom. The summed E-state index contributed by atoms with van der Waals surface area (Å²) in [7, 11) is 3.35. The Balaban J connectivity index is 1.67. The summed E-state index contributed by atoms with van der Waals surface area (Å²) >= 11 is 12.0. The van der Waals surface area contributed by atoms with Crippen LogP contribution in [-0.2, 0) is 6.42 Å². The number of rotatable bonds is 9. The van der Waals surface area contributed by atoms with Gasteiger partial charge in [0.25, 0.3) is 5.91 Å². The lowest BCUT2D eigenvalue weighted by Gasteiger charge is -2.13. The monoisotopic (exact) mass is 436 g/mol. The fourth-order valence-electron chi connectivity index (χ4n) is 2.61. The zero-order valence-electron chi connectivity index (χ0n) is 16.6. The number of carbonyl (C=O) groups excluding carboxylic acids is 1. The highest BCUT2D eigenvalue weighted by molar-refractivity contribution is 6.35. The number of benzene rings is 2. The van der Waals surface area contributed by atoms with E-state index < -0.39 is 0 Å². The average Bonchev–Trinajstić information content (AvgIpc) is 2.73. The van der Waals surface area contributed by atoms with Crippen molar-refractivity contribution >= 4 is 35.1 Å². The van der Waals surface area contributed by atoms with Crippen molar-refractivity contribution in [2.75, 3.05) is 33.8 Å². The van der Waals surface area contributed by atoms with Gasteiger partial charge < -0.3 is 20.7 Å². The third-order valence-electron chi connectivity index (χ3n) is 4.11. The van der Waals surface area contributed by atoms with Gasteiger partial charge in [-0.2, -0.15) is 0 Å². The van der Waals surface area contributed by atoms with Crippen LogP contribution in [0.1, 0.15) is 22.3 Å². The fourth-order valence-corrected chi connectivity index (χ4v) is 3.07. The van der Waals surface area contributed by atoms with Crippen molar-refractivity contribution in [3.05, 3.63) is 63.6 Å². The minimum atomic E-state index is -0.0839. The Hall–Kier alpha value is -2.44. The van der Waals surface area contributed by atoms with Crippen LogP contribution in [0.3, 0.4) is 0 Å². The number of amides is 1. The average molecular weight is 437 g/mol. The van der Waals surface area contributed by atoms with Gasteiger partial charge in [0.2, 0.25) is 0 Å². The van der Waals surface area contributed by atoms with Gasteiger partial charge in [-0.15, -0.1) is 0 Å². The van der Waals surface area contributed by atoms with E-state index >= 15 is 0 Å². The zero-order chi connectivity index (χ0) is 21.1. The van der Waals surface area contributed by atoms with Gasteiger partial charge in [-0.25, -0.2) is 0 Å². The van der Waals surface area contributed by atoms with Crippen molar-refractivity contribution < 1.29 is 9.53 Å². The number of nitrogens with zero attached hydrogens (tertiary/aromatic N) is 1. The van der Waals surface area contributed by atoms with E-state index in [1.807, 2.05) is 18.2 Å². The van der Waals surface area contributed by atoms with Gasteiger partial charge in [0.05, 0.1) is 11.6 Å². The molecule has 0 saturated heterocycles. The first-order valence-electron chi connectivity index (χ1n) is 9.37. The second-order valence-corrected chi connectivity index (χ2v) is 7.08. The quantitative estimate of drug-likeness (QED) is 0.319. The maximum absolute atomic E-state index is 11.7. The predicted molar refractivity (Wildman–Crippen MR) is 119 cm³/mol. The first kappa shape index (κ1) is 22.8. The van der Waals surface area contributed by atoms with Gasteiger partial charge in [0.1, 0.15) is 5.75 Å². The molecule has 0 aliphatic rings. The minimum Gasteiger partial charge on any atom is -0.492 e. The molecule has 0 unspecified atom stereocenters. The van der Waals surface area contributed by atoms with E-state index in [4.69, 9.17) is 27.9 Å². The fraction of sp³-hybridized carbons (Fsp3) is 0.333. The summed E-state index contributed by atoms with van der Waals surface area (Å²) in [5.41, 5.74) is 1.75. The van der Waals surface area contributed by atoms with Gasteiger partial charge in [-0.1, -0.05) is 35.3 Å². The lowest BCUT2D eigenvalue weighted by atomic mass is 10.1. The van der Waals surface area contributed by atoms with E-state index in [0.717, 1.165) is 24.4 Å². The third kappa shape index (κ3) is 7.83. The lowest BCUT2D eigenvalue weighted by molar-refractivity contribution is 0.0963. The summed E-state index contributed by atoms with van der Waals surface area (Å²) in [6, 6.07) is 12.8. The van der Waals surface area contributed by atoms with Crippen molar-refractivity contribution in [3.63, 3.8) is 0 Å². The summed E-state index contributed by atoms with van der Waals surface area (Å²) in [4.78, 5) is 15.9. The Labute approximate surface area is 181 Å². The van der Waals surface area contributed by atoms with E-state index in [1.54, 1.807) is 38.4 Å². The first-order chi connectivity index (χ1) is 14.0. The first-order valence-corrected chi connectivity index (χ1v) is 10.1. The molecule has 0 heterocycles. The summed E-state index contributed by atoms with van der Waals surface area (Å²) < 4.78 is 5.66. The number of nitrogens with one attached hydrogen (secondary N) is 3.